The van der Waals surface area contributed by atoms with Gasteiger partial charge in [0.25, 0.3) is 0 Å². The fourth-order valence-corrected chi connectivity index (χ4v) is 4.50. The van der Waals surface area contributed by atoms with E-state index in [1.54, 1.807) is 37.3 Å². The molecule has 16 heteroatoms. The van der Waals surface area contributed by atoms with E-state index in [0.29, 0.717) is 31.4 Å². The molecule has 0 spiro atoms. The topological polar surface area (TPSA) is 286 Å². The van der Waals surface area contributed by atoms with Crippen LogP contribution >= 0.6 is 0 Å². The van der Waals surface area contributed by atoms with Crippen molar-refractivity contribution in [3.05, 3.63) is 35.9 Å². The van der Waals surface area contributed by atoms with Gasteiger partial charge in [-0.3, -0.25) is 28.8 Å². The summed E-state index contributed by atoms with van der Waals surface area (Å²) in [5.74, 6) is -6.70. The molecular formula is C31H49N7O9. The van der Waals surface area contributed by atoms with Gasteiger partial charge in [0.2, 0.25) is 29.5 Å². The van der Waals surface area contributed by atoms with Crippen molar-refractivity contribution in [1.82, 2.24) is 21.3 Å². The first-order valence-corrected chi connectivity index (χ1v) is 15.6. The van der Waals surface area contributed by atoms with Crippen LogP contribution in [0.3, 0.4) is 0 Å². The predicted molar refractivity (Wildman–Crippen MR) is 171 cm³/mol. The molecule has 1 aromatic rings. The normalized spacial score (nSPS) is 14.7. The highest BCUT2D eigenvalue weighted by atomic mass is 16.4. The second kappa shape index (κ2) is 21.3. The second-order valence-corrected chi connectivity index (χ2v) is 11.4. The van der Waals surface area contributed by atoms with Crippen molar-refractivity contribution < 1.29 is 43.8 Å². The third-order valence-corrected chi connectivity index (χ3v) is 7.63. The number of amides is 5. The third-order valence-electron chi connectivity index (χ3n) is 7.63. The van der Waals surface area contributed by atoms with Gasteiger partial charge in [-0.15, -0.1) is 0 Å². The monoisotopic (exact) mass is 663 g/mol. The van der Waals surface area contributed by atoms with Gasteiger partial charge in [0.1, 0.15) is 24.2 Å². The van der Waals surface area contributed by atoms with Gasteiger partial charge in [0.15, 0.2) is 0 Å². The molecule has 16 nitrogen and oxygen atoms in total. The van der Waals surface area contributed by atoms with Crippen LogP contribution < -0.4 is 38.5 Å². The Kier molecular flexibility index (Phi) is 18.3. The van der Waals surface area contributed by atoms with Crippen LogP contribution in [0.1, 0.15) is 70.8 Å². The summed E-state index contributed by atoms with van der Waals surface area (Å²) in [6.45, 7) is 3.89. The maximum Gasteiger partial charge on any atom is 0.326 e. The molecule has 1 rings (SSSR count). The van der Waals surface area contributed by atoms with Crippen molar-refractivity contribution in [3.63, 3.8) is 0 Å². The molecule has 0 aliphatic carbocycles. The van der Waals surface area contributed by atoms with Gasteiger partial charge < -0.3 is 48.7 Å². The van der Waals surface area contributed by atoms with E-state index < -0.39 is 78.1 Å². The molecule has 47 heavy (non-hydrogen) atoms. The van der Waals surface area contributed by atoms with E-state index in [1.807, 2.05) is 6.92 Å². The minimum atomic E-state index is -1.47. The van der Waals surface area contributed by atoms with Gasteiger partial charge in [-0.25, -0.2) is 4.79 Å². The Morgan fingerprint density at radius 3 is 1.77 bits per heavy atom. The molecule has 1 aromatic carbocycles. The fraction of sp³-hybridized carbons (Fsp3) is 0.581. The van der Waals surface area contributed by atoms with Crippen LogP contribution in [0.5, 0.6) is 0 Å². The smallest absolute Gasteiger partial charge is 0.326 e. The molecule has 0 heterocycles. The van der Waals surface area contributed by atoms with E-state index in [2.05, 4.69) is 21.3 Å². The highest BCUT2D eigenvalue weighted by Crippen LogP contribution is 2.10. The molecule has 12 N–H and O–H groups in total. The van der Waals surface area contributed by atoms with Gasteiger partial charge in [0, 0.05) is 19.3 Å². The van der Waals surface area contributed by atoms with E-state index in [0.717, 1.165) is 0 Å². The van der Waals surface area contributed by atoms with Crippen molar-refractivity contribution in [2.75, 3.05) is 6.54 Å². The maximum atomic E-state index is 13.6. The molecule has 6 atom stereocenters. The van der Waals surface area contributed by atoms with Crippen LogP contribution in [0.25, 0.3) is 0 Å². The van der Waals surface area contributed by atoms with Crippen LogP contribution in [0.4, 0.5) is 0 Å². The molecule has 262 valence electrons. The van der Waals surface area contributed by atoms with Crippen molar-refractivity contribution in [2.24, 2.45) is 23.1 Å². The van der Waals surface area contributed by atoms with Crippen molar-refractivity contribution >= 4 is 41.5 Å². The number of carboxylic acid groups (broad SMARTS) is 2. The minimum absolute atomic E-state index is 0.0468. The summed E-state index contributed by atoms with van der Waals surface area (Å²) in [6.07, 6.45) is 0.194. The number of carboxylic acids is 2. The van der Waals surface area contributed by atoms with E-state index in [4.69, 9.17) is 17.2 Å². The van der Waals surface area contributed by atoms with E-state index in [9.17, 15) is 43.8 Å². The number of rotatable bonds is 23. The van der Waals surface area contributed by atoms with Gasteiger partial charge in [-0.05, 0) is 50.1 Å². The molecule has 0 saturated carbocycles. The first kappa shape index (κ1) is 40.5. The zero-order valence-electron chi connectivity index (χ0n) is 26.9. The number of unbranched alkanes of at least 4 members (excludes halogenated alkanes) is 1. The summed E-state index contributed by atoms with van der Waals surface area (Å²) in [7, 11) is 0. The first-order chi connectivity index (χ1) is 22.2. The average molecular weight is 664 g/mol. The lowest BCUT2D eigenvalue weighted by Crippen LogP contribution is -2.59. The molecule has 0 bridgehead atoms. The lowest BCUT2D eigenvalue weighted by molar-refractivity contribution is -0.142. The zero-order valence-corrected chi connectivity index (χ0v) is 26.9. The minimum Gasteiger partial charge on any atom is -0.481 e. The molecule has 0 aromatic heterocycles. The third kappa shape index (κ3) is 15.5. The summed E-state index contributed by atoms with van der Waals surface area (Å²) in [6, 6.07) is 2.29. The number of hydrogen-bond donors (Lipinski definition) is 9. The second-order valence-electron chi connectivity index (χ2n) is 11.4. The van der Waals surface area contributed by atoms with Gasteiger partial charge in [-0.2, -0.15) is 0 Å². The summed E-state index contributed by atoms with van der Waals surface area (Å²) in [5, 5.41) is 28.8. The lowest BCUT2D eigenvalue weighted by Gasteiger charge is -2.27. The van der Waals surface area contributed by atoms with Gasteiger partial charge >= 0.3 is 11.9 Å². The van der Waals surface area contributed by atoms with E-state index in [-0.39, 0.29) is 38.0 Å². The maximum absolute atomic E-state index is 13.6. The standard InChI is InChI=1S/C31H49N7O9/c1-3-18(2)26(34)30(45)36-21(13-15-25(40)41)28(43)35-20(11-7-8-16-32)27(42)38-23(17-19-9-5-4-6-10-19)29(44)37-22(31(46)47)12-14-24(33)39/h4-6,9-10,18,20-23,26H,3,7-8,11-17,32,34H2,1-2H3,(H2,33,39)(H,35,43)(H,36,45)(H,37,44)(H,38,42)(H,40,41)(H,46,47)/t18-,20-,21-,22-,23-,26-/m0/s1. The number of benzene rings is 1. The first-order valence-electron chi connectivity index (χ1n) is 15.6. The summed E-state index contributed by atoms with van der Waals surface area (Å²) in [4.78, 5) is 87.5. The number of primary amides is 1. The fourth-order valence-electron chi connectivity index (χ4n) is 4.50. The van der Waals surface area contributed by atoms with Gasteiger partial charge in [0.05, 0.1) is 6.04 Å². The number of nitrogens with two attached hydrogens (primary N) is 3. The Morgan fingerprint density at radius 1 is 0.723 bits per heavy atom. The van der Waals surface area contributed by atoms with Crippen LogP contribution in [0.15, 0.2) is 30.3 Å². The van der Waals surface area contributed by atoms with Crippen LogP contribution in [0.2, 0.25) is 0 Å². The molecule has 0 unspecified atom stereocenters. The van der Waals surface area contributed by atoms with E-state index in [1.165, 1.54) is 0 Å². The zero-order chi connectivity index (χ0) is 35.5. The number of carbonyl (C=O) groups excluding carboxylic acids is 5. The molecule has 0 fully saturated rings. The predicted octanol–water partition coefficient (Wildman–Crippen LogP) is -1.11. The Balaban J connectivity index is 3.29. The lowest BCUT2D eigenvalue weighted by atomic mass is 9.98. The summed E-state index contributed by atoms with van der Waals surface area (Å²) >= 11 is 0. The number of nitrogens with one attached hydrogen (secondary N) is 4. The summed E-state index contributed by atoms with van der Waals surface area (Å²) in [5.41, 5.74) is 17.4. The van der Waals surface area contributed by atoms with Crippen molar-refractivity contribution in [2.45, 2.75) is 102 Å². The molecule has 0 aliphatic rings. The van der Waals surface area contributed by atoms with Crippen LogP contribution in [0, 0.1) is 5.92 Å². The van der Waals surface area contributed by atoms with Crippen molar-refractivity contribution in [1.29, 1.82) is 0 Å². The Labute approximate surface area is 273 Å². The Hall–Kier alpha value is -4.57. The largest absolute Gasteiger partial charge is 0.481 e. The molecule has 0 aliphatic heterocycles. The number of aliphatic carboxylic acids is 2. The highest BCUT2D eigenvalue weighted by Gasteiger charge is 2.32. The van der Waals surface area contributed by atoms with E-state index >= 15 is 0 Å². The number of carbonyl (C=O) groups is 7. The Morgan fingerprint density at radius 2 is 1.23 bits per heavy atom. The summed E-state index contributed by atoms with van der Waals surface area (Å²) < 4.78 is 0. The van der Waals surface area contributed by atoms with Gasteiger partial charge in [-0.1, -0.05) is 50.6 Å². The average Bonchev–Trinajstić information content (AvgIpc) is 3.03. The Bertz CT molecular complexity index is 1210. The number of hydrogen-bond acceptors (Lipinski definition) is 9. The van der Waals surface area contributed by atoms with Crippen molar-refractivity contribution in [3.8, 4) is 0 Å². The highest BCUT2D eigenvalue weighted by molar-refractivity contribution is 5.95. The molecule has 5 amide bonds. The van der Waals surface area contributed by atoms with Crippen LogP contribution in [-0.2, 0) is 40.0 Å². The molecule has 0 saturated heterocycles. The molecule has 0 radical (unpaired) electrons. The molecular weight excluding hydrogens is 614 g/mol. The quantitative estimate of drug-likeness (QED) is 0.0632. The van der Waals surface area contributed by atoms with Crippen LogP contribution in [-0.4, -0.2) is 88.4 Å². The SMILES string of the molecule is CC[C@H](C)[C@H](N)C(=O)N[C@@H](CCC(=O)O)C(=O)N[C@@H](CCCCN)C(=O)N[C@@H](Cc1ccccc1)C(=O)N[C@@H](CCC(N)=O)C(=O)O.